The molecule has 12 aromatic rings. The fraction of sp³-hybridized carbons (Fsp3) is 0. The van der Waals surface area contributed by atoms with Crippen molar-refractivity contribution in [1.82, 2.24) is 0 Å². The van der Waals surface area contributed by atoms with E-state index in [4.69, 9.17) is 4.42 Å². The van der Waals surface area contributed by atoms with Crippen LogP contribution in [0.15, 0.2) is 253 Å². The summed E-state index contributed by atoms with van der Waals surface area (Å²) in [7, 11) is 0. The largest absolute Gasteiger partial charge is 0.455 e. The van der Waals surface area contributed by atoms with E-state index < -0.39 is 0 Å². The average Bonchev–Trinajstić information content (AvgIpc) is 3.76. The lowest BCUT2D eigenvalue weighted by atomic mass is 9.94. The Labute approximate surface area is 372 Å². The van der Waals surface area contributed by atoms with E-state index in [0.717, 1.165) is 61.3 Å². The second-order valence-corrected chi connectivity index (χ2v) is 16.5. The molecule has 64 heavy (non-hydrogen) atoms. The molecule has 1 heterocycles. The third kappa shape index (κ3) is 6.70. The molecular formula is C62H41NO. The van der Waals surface area contributed by atoms with Gasteiger partial charge < -0.3 is 9.32 Å². The number of fused-ring (bicyclic) bond motifs is 5. The number of hydrogen-bond donors (Lipinski definition) is 0. The Morgan fingerprint density at radius 2 is 0.766 bits per heavy atom. The van der Waals surface area contributed by atoms with Crippen LogP contribution in [0.2, 0.25) is 0 Å². The van der Waals surface area contributed by atoms with Crippen LogP contribution < -0.4 is 4.90 Å². The number of hydrogen-bond acceptors (Lipinski definition) is 2. The van der Waals surface area contributed by atoms with Crippen LogP contribution in [0.5, 0.6) is 0 Å². The van der Waals surface area contributed by atoms with Crippen molar-refractivity contribution < 1.29 is 4.42 Å². The third-order valence-electron chi connectivity index (χ3n) is 12.7. The van der Waals surface area contributed by atoms with Gasteiger partial charge in [0.15, 0.2) is 0 Å². The van der Waals surface area contributed by atoms with E-state index in [1.807, 2.05) is 12.1 Å². The summed E-state index contributed by atoms with van der Waals surface area (Å²) in [5.41, 5.74) is 16.7. The van der Waals surface area contributed by atoms with Crippen LogP contribution in [0.3, 0.4) is 0 Å². The molecule has 0 unspecified atom stereocenters. The van der Waals surface area contributed by atoms with Gasteiger partial charge in [0.2, 0.25) is 0 Å². The topological polar surface area (TPSA) is 16.4 Å². The van der Waals surface area contributed by atoms with Crippen LogP contribution in [0.4, 0.5) is 17.1 Å². The molecule has 0 atom stereocenters. The van der Waals surface area contributed by atoms with Crippen LogP contribution >= 0.6 is 0 Å². The van der Waals surface area contributed by atoms with E-state index in [9.17, 15) is 0 Å². The minimum atomic E-state index is 0.902. The van der Waals surface area contributed by atoms with Gasteiger partial charge in [0.05, 0.1) is 5.69 Å². The summed E-state index contributed by atoms with van der Waals surface area (Å²) in [6.07, 6.45) is 0. The molecular weight excluding hydrogens is 775 g/mol. The van der Waals surface area contributed by atoms with Crippen molar-refractivity contribution in [3.05, 3.63) is 249 Å². The SMILES string of the molecule is c1cc(-c2ccc(-c3ccccc3N(c3ccc(-c4ccc5ccccc5c4)cc3)c3ccc(-c4cccc5c4oc4ccccc45)cc3)cc2)cc(-c2cccc3ccccc23)c1. The highest BCUT2D eigenvalue weighted by molar-refractivity contribution is 6.09. The summed E-state index contributed by atoms with van der Waals surface area (Å²) in [4.78, 5) is 2.38. The molecule has 0 amide bonds. The first-order chi connectivity index (χ1) is 31.7. The van der Waals surface area contributed by atoms with Crippen molar-refractivity contribution >= 4 is 60.5 Å². The Morgan fingerprint density at radius 3 is 1.58 bits per heavy atom. The fourth-order valence-corrected chi connectivity index (χ4v) is 9.46. The molecule has 300 valence electrons. The Morgan fingerprint density at radius 1 is 0.266 bits per heavy atom. The van der Waals surface area contributed by atoms with E-state index in [2.05, 4.69) is 241 Å². The molecule has 11 aromatic carbocycles. The molecule has 0 fully saturated rings. The van der Waals surface area contributed by atoms with Crippen molar-refractivity contribution in [3.8, 4) is 55.6 Å². The Bertz CT molecular complexity index is 3650. The van der Waals surface area contributed by atoms with Crippen molar-refractivity contribution in [1.29, 1.82) is 0 Å². The minimum absolute atomic E-state index is 0.902. The highest BCUT2D eigenvalue weighted by Crippen LogP contribution is 2.43. The Hall–Kier alpha value is -8.46. The molecule has 12 rings (SSSR count). The minimum Gasteiger partial charge on any atom is -0.455 e. The van der Waals surface area contributed by atoms with Gasteiger partial charge in [0.1, 0.15) is 11.2 Å². The lowest BCUT2D eigenvalue weighted by Gasteiger charge is -2.28. The first kappa shape index (κ1) is 37.3. The monoisotopic (exact) mass is 815 g/mol. The highest BCUT2D eigenvalue weighted by atomic mass is 16.3. The number of furan rings is 1. The van der Waals surface area contributed by atoms with Gasteiger partial charge in [-0.05, 0) is 115 Å². The zero-order valence-corrected chi connectivity index (χ0v) is 35.0. The molecule has 0 aliphatic heterocycles. The van der Waals surface area contributed by atoms with Crippen LogP contribution in [-0.4, -0.2) is 0 Å². The second kappa shape index (κ2) is 15.8. The Balaban J connectivity index is 0.930. The number of benzene rings is 11. The highest BCUT2D eigenvalue weighted by Gasteiger charge is 2.19. The molecule has 0 aliphatic carbocycles. The van der Waals surface area contributed by atoms with Gasteiger partial charge in [0.25, 0.3) is 0 Å². The molecule has 1 aromatic heterocycles. The van der Waals surface area contributed by atoms with Crippen molar-refractivity contribution in [3.63, 3.8) is 0 Å². The van der Waals surface area contributed by atoms with Crippen molar-refractivity contribution in [2.75, 3.05) is 4.90 Å². The van der Waals surface area contributed by atoms with Crippen LogP contribution in [0, 0.1) is 0 Å². The van der Waals surface area contributed by atoms with Crippen LogP contribution in [-0.2, 0) is 0 Å². The summed E-state index contributed by atoms with van der Waals surface area (Å²) >= 11 is 0. The zero-order chi connectivity index (χ0) is 42.4. The molecule has 0 spiro atoms. The Kier molecular flexibility index (Phi) is 9.20. The molecule has 0 N–H and O–H groups in total. The van der Waals surface area contributed by atoms with Gasteiger partial charge in [-0.15, -0.1) is 0 Å². The third-order valence-corrected chi connectivity index (χ3v) is 12.7. The number of para-hydroxylation sites is 3. The maximum absolute atomic E-state index is 6.46. The maximum atomic E-state index is 6.46. The summed E-state index contributed by atoms with van der Waals surface area (Å²) in [6.45, 7) is 0. The molecule has 0 bridgehead atoms. The van der Waals surface area contributed by atoms with E-state index >= 15 is 0 Å². The van der Waals surface area contributed by atoms with Gasteiger partial charge in [-0.3, -0.25) is 0 Å². The van der Waals surface area contributed by atoms with Gasteiger partial charge >= 0.3 is 0 Å². The van der Waals surface area contributed by atoms with E-state index in [1.54, 1.807) is 0 Å². The molecule has 0 aliphatic rings. The number of anilines is 3. The summed E-state index contributed by atoms with van der Waals surface area (Å²) in [5, 5.41) is 7.26. The summed E-state index contributed by atoms with van der Waals surface area (Å²) < 4.78 is 6.46. The molecule has 2 heteroatoms. The summed E-state index contributed by atoms with van der Waals surface area (Å²) in [6, 6.07) is 89.7. The number of nitrogens with zero attached hydrogens (tertiary/aromatic N) is 1. The van der Waals surface area contributed by atoms with E-state index in [0.29, 0.717) is 0 Å². The van der Waals surface area contributed by atoms with Gasteiger partial charge in [-0.1, -0.05) is 200 Å². The van der Waals surface area contributed by atoms with Crippen molar-refractivity contribution in [2.24, 2.45) is 0 Å². The molecule has 0 radical (unpaired) electrons. The van der Waals surface area contributed by atoms with Crippen molar-refractivity contribution in [2.45, 2.75) is 0 Å². The predicted molar refractivity (Wildman–Crippen MR) is 271 cm³/mol. The van der Waals surface area contributed by atoms with Crippen LogP contribution in [0.25, 0.3) is 99.1 Å². The number of rotatable bonds is 8. The van der Waals surface area contributed by atoms with E-state index in [1.165, 1.54) is 54.9 Å². The van der Waals surface area contributed by atoms with E-state index in [-0.39, 0.29) is 0 Å². The predicted octanol–water partition coefficient (Wildman–Crippen LogP) is 17.7. The quantitative estimate of drug-likeness (QED) is 0.152. The van der Waals surface area contributed by atoms with Gasteiger partial charge in [0, 0.05) is 33.3 Å². The lowest BCUT2D eigenvalue weighted by Crippen LogP contribution is -2.11. The molecule has 0 saturated carbocycles. The smallest absolute Gasteiger partial charge is 0.143 e. The summed E-state index contributed by atoms with van der Waals surface area (Å²) in [5.74, 6) is 0. The normalized spacial score (nSPS) is 11.4. The maximum Gasteiger partial charge on any atom is 0.143 e. The standard InChI is InChI=1S/C62H41NO/c1-2-14-48-40-50(31-28-42(48)12-1)44-32-36-52(37-33-44)63(53-38-34-47(35-39-53)57-22-11-23-59-58-20-6-8-25-61(58)64-62(57)59)60-24-7-5-19-56(60)46-29-26-43(27-30-46)49-16-9-17-51(41-49)55-21-10-15-45-13-3-4-18-54(45)55/h1-41H. The van der Waals surface area contributed by atoms with Gasteiger partial charge in [-0.25, -0.2) is 0 Å². The zero-order valence-electron chi connectivity index (χ0n) is 35.0. The van der Waals surface area contributed by atoms with Crippen LogP contribution in [0.1, 0.15) is 0 Å². The first-order valence-corrected chi connectivity index (χ1v) is 21.9. The molecule has 2 nitrogen and oxygen atoms in total. The average molecular weight is 816 g/mol. The fourth-order valence-electron chi connectivity index (χ4n) is 9.46. The first-order valence-electron chi connectivity index (χ1n) is 21.9. The second-order valence-electron chi connectivity index (χ2n) is 16.5. The molecule has 0 saturated heterocycles. The lowest BCUT2D eigenvalue weighted by molar-refractivity contribution is 0.670. The van der Waals surface area contributed by atoms with Gasteiger partial charge in [-0.2, -0.15) is 0 Å².